The second kappa shape index (κ2) is 5.69. The number of aromatic nitrogens is 1. The minimum absolute atomic E-state index is 0.0526. The molecule has 0 unspecified atom stereocenters. The number of aryl methyl sites for hydroxylation is 1. The number of hydrogen-bond donors (Lipinski definition) is 2. The van der Waals surface area contributed by atoms with Crippen LogP contribution in [0.4, 0.5) is 0 Å². The number of nitrogens with zero attached hydrogens (tertiary/aromatic N) is 1. The molecule has 0 saturated carbocycles. The first-order chi connectivity index (χ1) is 11.9. The summed E-state index contributed by atoms with van der Waals surface area (Å²) in [6.45, 7) is 1.56. The topological polar surface area (TPSA) is 132 Å². The zero-order chi connectivity index (χ0) is 17.8. The lowest BCUT2D eigenvalue weighted by molar-refractivity contribution is -0.432. The van der Waals surface area contributed by atoms with Crippen LogP contribution in [0.1, 0.15) is 5.89 Å². The zero-order valence-corrected chi connectivity index (χ0v) is 14.1. The molecule has 9 nitrogen and oxygen atoms in total. The lowest BCUT2D eigenvalue weighted by atomic mass is 10.1. The van der Waals surface area contributed by atoms with Gasteiger partial charge in [0.1, 0.15) is 16.7 Å². The average Bonchev–Trinajstić information content (AvgIpc) is 3.07. The molecular weight excluding hydrogens is 374 g/mol. The predicted molar refractivity (Wildman–Crippen MR) is 86.5 cm³/mol. The van der Waals surface area contributed by atoms with Gasteiger partial charge in [-0.25, -0.2) is 10.2 Å². The third kappa shape index (κ3) is 2.66. The number of hydrogen-bond acceptors (Lipinski definition) is 9. The molecule has 0 aliphatic rings. The smallest absolute Gasteiger partial charge is 0.299 e. The second-order valence-electron chi connectivity index (χ2n) is 5.12. The Morgan fingerprint density at radius 3 is 2.72 bits per heavy atom. The van der Waals surface area contributed by atoms with Crippen LogP contribution >= 0.6 is 12.0 Å². The van der Waals surface area contributed by atoms with E-state index >= 15 is 0 Å². The van der Waals surface area contributed by atoms with E-state index in [0.717, 1.165) is 0 Å². The monoisotopic (exact) mass is 383 g/mol. The zero-order valence-electron chi connectivity index (χ0n) is 12.4. The molecule has 0 fully saturated rings. The van der Waals surface area contributed by atoms with Crippen molar-refractivity contribution in [2.75, 3.05) is 0 Å². The first-order valence-corrected chi connectivity index (χ1v) is 8.95. The third-order valence-corrected chi connectivity index (χ3v) is 5.05. The van der Waals surface area contributed by atoms with Gasteiger partial charge in [-0.1, -0.05) is 5.04 Å². The summed E-state index contributed by atoms with van der Waals surface area (Å²) >= 11 is 0.707. The fourth-order valence-electron chi connectivity index (χ4n) is 2.73. The molecule has 0 spiro atoms. The minimum Gasteiger partial charge on any atom is -0.456 e. The van der Waals surface area contributed by atoms with Gasteiger partial charge in [0, 0.05) is 23.3 Å². The van der Waals surface area contributed by atoms with Crippen molar-refractivity contribution < 1.29 is 36.4 Å². The molecule has 11 heteroatoms. The summed E-state index contributed by atoms with van der Waals surface area (Å²) in [5.41, 5.74) is 0.815. The summed E-state index contributed by atoms with van der Waals surface area (Å²) in [5.74, 6) is 0.251. The number of fused-ring (bicyclic) bond motifs is 4. The second-order valence-corrected chi connectivity index (χ2v) is 7.25. The van der Waals surface area contributed by atoms with Crippen molar-refractivity contribution >= 4 is 55.2 Å². The van der Waals surface area contributed by atoms with Crippen molar-refractivity contribution in [1.82, 2.24) is 4.98 Å². The van der Waals surface area contributed by atoms with Crippen LogP contribution in [0, 0.1) is 6.92 Å². The highest BCUT2D eigenvalue weighted by Crippen LogP contribution is 2.40. The highest BCUT2D eigenvalue weighted by molar-refractivity contribution is 7.94. The van der Waals surface area contributed by atoms with Crippen molar-refractivity contribution in [3.05, 3.63) is 30.2 Å². The van der Waals surface area contributed by atoms with Gasteiger partial charge in [-0.3, -0.25) is 4.55 Å². The Labute approximate surface area is 143 Å². The molecule has 0 saturated heterocycles. The van der Waals surface area contributed by atoms with E-state index in [1.54, 1.807) is 25.1 Å². The molecule has 0 radical (unpaired) electrons. The van der Waals surface area contributed by atoms with Gasteiger partial charge in [-0.05, 0) is 18.2 Å². The largest absolute Gasteiger partial charge is 0.456 e. The highest BCUT2D eigenvalue weighted by atomic mass is 32.2. The van der Waals surface area contributed by atoms with Gasteiger partial charge < -0.3 is 8.83 Å². The molecule has 130 valence electrons. The van der Waals surface area contributed by atoms with Gasteiger partial charge in [0.05, 0.1) is 17.4 Å². The quantitative estimate of drug-likeness (QED) is 0.232. The van der Waals surface area contributed by atoms with Crippen molar-refractivity contribution in [2.24, 2.45) is 0 Å². The lowest BCUT2D eigenvalue weighted by Crippen LogP contribution is -1.99. The van der Waals surface area contributed by atoms with Crippen LogP contribution in [-0.2, 0) is 19.5 Å². The van der Waals surface area contributed by atoms with Crippen LogP contribution in [-0.4, -0.2) is 23.2 Å². The molecule has 2 heterocycles. The van der Waals surface area contributed by atoms with E-state index in [4.69, 9.17) is 14.1 Å². The van der Waals surface area contributed by atoms with Crippen molar-refractivity contribution in [2.45, 2.75) is 16.7 Å². The van der Waals surface area contributed by atoms with Gasteiger partial charge in [-0.15, -0.1) is 4.33 Å². The third-order valence-electron chi connectivity index (χ3n) is 3.57. The van der Waals surface area contributed by atoms with E-state index in [9.17, 15) is 13.0 Å². The van der Waals surface area contributed by atoms with E-state index in [1.165, 1.54) is 6.07 Å². The summed E-state index contributed by atoms with van der Waals surface area (Å²) in [7, 11) is -4.63. The Balaban J connectivity index is 2.15. The fraction of sp³-hybridized carbons (Fsp3) is 0.0714. The Kier molecular flexibility index (Phi) is 3.72. The number of rotatable bonds is 4. The SMILES string of the molecule is Cc1nc2cc3oc4ccc(SOOO)cc4c3c(S(=O)(=O)O)c2o1. The maximum atomic E-state index is 12.0. The number of furan rings is 1. The van der Waals surface area contributed by atoms with Gasteiger partial charge >= 0.3 is 0 Å². The van der Waals surface area contributed by atoms with Crippen molar-refractivity contribution in [3.8, 4) is 0 Å². The molecule has 0 aliphatic heterocycles. The van der Waals surface area contributed by atoms with E-state index < -0.39 is 15.0 Å². The molecule has 0 aliphatic carbocycles. The summed E-state index contributed by atoms with van der Waals surface area (Å²) in [6, 6.07) is 6.31. The Hall–Kier alpha value is -2.15. The summed E-state index contributed by atoms with van der Waals surface area (Å²) in [5, 5.41) is 12.4. The molecular formula is C14H9NO8S2. The van der Waals surface area contributed by atoms with Gasteiger partial charge in [0.2, 0.25) is 0 Å². The first kappa shape index (κ1) is 16.3. The molecule has 2 N–H and O–H groups in total. The summed E-state index contributed by atoms with van der Waals surface area (Å²) < 4.78 is 49.2. The normalized spacial score (nSPS) is 12.6. The highest BCUT2D eigenvalue weighted by Gasteiger charge is 2.26. The standard InChI is InChI=1S/C14H9NO8S2/c1-6-15-9-5-11-12(14(13(9)20-6)25(17,18)19)8-4-7(24-23-22-16)2-3-10(8)21-11/h2-5,16H,1H3,(H,17,18,19). The van der Waals surface area contributed by atoms with Crippen LogP contribution < -0.4 is 0 Å². The number of benzene rings is 2. The van der Waals surface area contributed by atoms with Crippen LogP contribution in [0.5, 0.6) is 0 Å². The molecule has 25 heavy (non-hydrogen) atoms. The fourth-order valence-corrected chi connectivity index (χ4v) is 3.97. The maximum absolute atomic E-state index is 12.0. The van der Waals surface area contributed by atoms with Gasteiger partial charge in [-0.2, -0.15) is 8.42 Å². The Bertz CT molecular complexity index is 1220. The molecule has 4 aromatic rings. The Morgan fingerprint density at radius 2 is 2.00 bits per heavy atom. The van der Waals surface area contributed by atoms with Crippen LogP contribution in [0.2, 0.25) is 0 Å². The lowest BCUT2D eigenvalue weighted by Gasteiger charge is -2.01. The molecule has 4 rings (SSSR count). The molecule has 2 aromatic heterocycles. The molecule has 0 amide bonds. The summed E-state index contributed by atoms with van der Waals surface area (Å²) in [4.78, 5) is 4.18. The van der Waals surface area contributed by atoms with E-state index in [1.807, 2.05) is 0 Å². The van der Waals surface area contributed by atoms with E-state index in [-0.39, 0.29) is 28.0 Å². The average molecular weight is 383 g/mol. The summed E-state index contributed by atoms with van der Waals surface area (Å²) in [6.07, 6.45) is 0. The minimum atomic E-state index is -4.63. The Morgan fingerprint density at radius 1 is 1.20 bits per heavy atom. The molecule has 0 bridgehead atoms. The van der Waals surface area contributed by atoms with Crippen molar-refractivity contribution in [3.63, 3.8) is 0 Å². The van der Waals surface area contributed by atoms with E-state index in [2.05, 4.69) is 14.4 Å². The van der Waals surface area contributed by atoms with Gasteiger partial charge in [0.15, 0.2) is 16.4 Å². The van der Waals surface area contributed by atoms with Crippen LogP contribution in [0.15, 0.2) is 42.9 Å². The predicted octanol–water partition coefficient (Wildman–Crippen LogP) is 3.71. The maximum Gasteiger partial charge on any atom is 0.299 e. The van der Waals surface area contributed by atoms with Crippen molar-refractivity contribution in [1.29, 1.82) is 0 Å². The first-order valence-electron chi connectivity index (χ1n) is 6.77. The van der Waals surface area contributed by atoms with Crippen LogP contribution in [0.3, 0.4) is 0 Å². The molecule has 2 aromatic carbocycles. The number of oxazole rings is 1. The molecule has 0 atom stereocenters. The van der Waals surface area contributed by atoms with E-state index in [0.29, 0.717) is 27.9 Å². The van der Waals surface area contributed by atoms with Gasteiger partial charge in [0.25, 0.3) is 10.1 Å². The van der Waals surface area contributed by atoms with Crippen LogP contribution in [0.25, 0.3) is 33.0 Å².